The van der Waals surface area contributed by atoms with Crippen molar-refractivity contribution in [1.29, 1.82) is 0 Å². The number of unbranched alkanes of at least 4 members (excludes halogenated alkanes) is 2. The maximum Gasteiger partial charge on any atom is 0.408 e. The molecule has 13 nitrogen and oxygen atoms in total. The highest BCUT2D eigenvalue weighted by molar-refractivity contribution is 5.82. The van der Waals surface area contributed by atoms with Gasteiger partial charge in [-0.2, -0.15) is 0 Å². The van der Waals surface area contributed by atoms with Crippen molar-refractivity contribution in [2.45, 2.75) is 65.1 Å². The Hall–Kier alpha value is -3.19. The first-order valence-corrected chi connectivity index (χ1v) is 12.8. The second-order valence-electron chi connectivity index (χ2n) is 10.1. The van der Waals surface area contributed by atoms with Crippen LogP contribution in [0, 0.1) is 0 Å². The van der Waals surface area contributed by atoms with Crippen LogP contribution in [0.25, 0.3) is 0 Å². The molecule has 0 saturated carbocycles. The van der Waals surface area contributed by atoms with Crippen molar-refractivity contribution in [3.05, 3.63) is 33.1 Å². The van der Waals surface area contributed by atoms with Gasteiger partial charge in [-0.15, -0.1) is 0 Å². The third kappa shape index (κ3) is 14.5. The predicted octanol–water partition coefficient (Wildman–Crippen LogP) is 0.570. The lowest BCUT2D eigenvalue weighted by atomic mass is 10.2. The Morgan fingerprint density at radius 1 is 1.13 bits per heavy atom. The number of hydrogen-bond acceptors (Lipinski definition) is 9. The summed E-state index contributed by atoms with van der Waals surface area (Å²) < 4.78 is 17.1. The van der Waals surface area contributed by atoms with Gasteiger partial charge in [-0.25, -0.2) is 9.59 Å². The molecule has 1 aromatic rings. The second-order valence-corrected chi connectivity index (χ2v) is 10.1. The van der Waals surface area contributed by atoms with Gasteiger partial charge in [0, 0.05) is 25.4 Å². The van der Waals surface area contributed by atoms with Crippen molar-refractivity contribution in [2.24, 2.45) is 0 Å². The van der Waals surface area contributed by atoms with Gasteiger partial charge in [-0.3, -0.25) is 23.9 Å². The summed E-state index contributed by atoms with van der Waals surface area (Å²) in [5.74, 6) is -1.24. The van der Waals surface area contributed by atoms with Crippen LogP contribution in [0.15, 0.2) is 21.9 Å². The Morgan fingerprint density at radius 2 is 1.84 bits per heavy atom. The van der Waals surface area contributed by atoms with Gasteiger partial charge in [0.2, 0.25) is 5.91 Å². The number of H-pyrrole nitrogens is 1. The number of aromatic amines is 1. The topological polar surface area (TPSA) is 152 Å². The molecule has 1 unspecified atom stereocenters. The summed E-state index contributed by atoms with van der Waals surface area (Å²) >= 11 is 0. The Kier molecular flexibility index (Phi) is 14.4. The molecule has 0 aromatic carbocycles. The van der Waals surface area contributed by atoms with E-state index in [4.69, 9.17) is 14.2 Å². The molecule has 0 aliphatic heterocycles. The molecule has 0 aliphatic rings. The molecule has 0 spiro atoms. The molecular formula is C25H43N5O8. The lowest BCUT2D eigenvalue weighted by molar-refractivity contribution is -0.149. The number of rotatable bonds is 16. The van der Waals surface area contributed by atoms with Crippen LogP contribution in [0.4, 0.5) is 4.79 Å². The molecular weight excluding hydrogens is 498 g/mol. The number of nitrogens with one attached hydrogen (secondary N) is 2. The first-order valence-electron chi connectivity index (χ1n) is 12.8. The van der Waals surface area contributed by atoms with Crippen LogP contribution in [-0.2, 0) is 30.3 Å². The van der Waals surface area contributed by atoms with Crippen LogP contribution in [0.1, 0.15) is 47.0 Å². The molecule has 0 saturated heterocycles. The van der Waals surface area contributed by atoms with Gasteiger partial charge < -0.3 is 29.3 Å². The molecule has 1 rings (SSSR count). The lowest BCUT2D eigenvalue weighted by Gasteiger charge is -2.29. The third-order valence-corrected chi connectivity index (χ3v) is 5.06. The molecule has 1 aromatic heterocycles. The number of esters is 1. The van der Waals surface area contributed by atoms with E-state index >= 15 is 0 Å². The fraction of sp³-hybridized carbons (Fsp3) is 0.720. The molecule has 1 atom stereocenters. The molecule has 1 heterocycles. The Balaban J connectivity index is 2.97. The summed E-state index contributed by atoms with van der Waals surface area (Å²) in [5, 5.41) is 2.71. The zero-order valence-corrected chi connectivity index (χ0v) is 23.4. The minimum atomic E-state index is -0.761. The van der Waals surface area contributed by atoms with Crippen LogP contribution in [0.2, 0.25) is 0 Å². The number of nitrogens with zero attached hydrogens (tertiary/aromatic N) is 3. The van der Waals surface area contributed by atoms with E-state index in [1.54, 1.807) is 27.7 Å². The monoisotopic (exact) mass is 541 g/mol. The third-order valence-electron chi connectivity index (χ3n) is 5.06. The normalized spacial score (nSPS) is 12.2. The van der Waals surface area contributed by atoms with E-state index in [2.05, 4.69) is 15.2 Å². The van der Waals surface area contributed by atoms with E-state index in [0.717, 1.165) is 36.4 Å². The zero-order valence-electron chi connectivity index (χ0n) is 23.4. The number of aromatic nitrogens is 2. The number of hydrogen-bond donors (Lipinski definition) is 2. The summed E-state index contributed by atoms with van der Waals surface area (Å²) in [6, 6.07) is 0.404. The van der Waals surface area contributed by atoms with Gasteiger partial charge in [0.1, 0.15) is 18.7 Å². The van der Waals surface area contributed by atoms with Crippen molar-refractivity contribution in [1.82, 2.24) is 24.7 Å². The smallest absolute Gasteiger partial charge is 0.408 e. The fourth-order valence-electron chi connectivity index (χ4n) is 3.35. The van der Waals surface area contributed by atoms with E-state index in [1.165, 1.54) is 11.1 Å². The summed E-state index contributed by atoms with van der Waals surface area (Å²) in [6.07, 6.45) is 3.33. The average Bonchev–Trinajstić information content (AvgIpc) is 2.78. The molecule has 0 aliphatic carbocycles. The van der Waals surface area contributed by atoms with E-state index in [-0.39, 0.29) is 19.8 Å². The van der Waals surface area contributed by atoms with Crippen LogP contribution >= 0.6 is 0 Å². The van der Waals surface area contributed by atoms with Crippen molar-refractivity contribution in [3.8, 4) is 0 Å². The van der Waals surface area contributed by atoms with Gasteiger partial charge >= 0.3 is 17.8 Å². The molecule has 38 heavy (non-hydrogen) atoms. The van der Waals surface area contributed by atoms with E-state index < -0.39 is 54.0 Å². The number of amides is 2. The van der Waals surface area contributed by atoms with E-state index in [0.29, 0.717) is 6.61 Å². The van der Waals surface area contributed by atoms with Crippen LogP contribution in [0.3, 0.4) is 0 Å². The predicted molar refractivity (Wildman–Crippen MR) is 141 cm³/mol. The fourth-order valence-corrected chi connectivity index (χ4v) is 3.35. The Bertz CT molecular complexity index is 998. The molecule has 0 radical (unpaired) electrons. The van der Waals surface area contributed by atoms with Gasteiger partial charge in [0.15, 0.2) is 0 Å². The van der Waals surface area contributed by atoms with Gasteiger partial charge in [-0.1, -0.05) is 0 Å². The summed E-state index contributed by atoms with van der Waals surface area (Å²) in [7, 11) is 4.03. The molecule has 13 heteroatoms. The highest BCUT2D eigenvalue weighted by Crippen LogP contribution is 2.08. The minimum absolute atomic E-state index is 0.0676. The van der Waals surface area contributed by atoms with Crippen molar-refractivity contribution in [3.63, 3.8) is 0 Å². The quantitative estimate of drug-likeness (QED) is 0.226. The van der Waals surface area contributed by atoms with Gasteiger partial charge in [0.25, 0.3) is 5.56 Å². The second kappa shape index (κ2) is 16.6. The Morgan fingerprint density at radius 3 is 2.45 bits per heavy atom. The summed E-state index contributed by atoms with van der Waals surface area (Å²) in [4.78, 5) is 66.6. The van der Waals surface area contributed by atoms with E-state index in [1.807, 2.05) is 14.1 Å². The molecule has 0 bridgehead atoms. The summed E-state index contributed by atoms with van der Waals surface area (Å²) in [5.41, 5.74) is -2.10. The molecule has 2 N–H and O–H groups in total. The number of alkyl carbamates (subject to hydrolysis) is 1. The van der Waals surface area contributed by atoms with Crippen LogP contribution in [-0.4, -0.2) is 103 Å². The standard InChI is InChI=1S/C25H43N5O8/c1-7-37-22(33)17-30(21(32)16-29-13-11-20(31)27-23(29)34)15-19(26-24(35)38-25(2,3)4)18-36-14-10-8-9-12-28(5)6/h11,13,19H,7-10,12,14-18H2,1-6H3,(H,26,35)(H,27,31,34). The SMILES string of the molecule is CCOC(=O)CN(CC(COCCCCCN(C)C)NC(=O)OC(C)(C)C)C(=O)Cn1ccc(=O)[nH]c1=O. The maximum absolute atomic E-state index is 13.1. The molecule has 2 amide bonds. The highest BCUT2D eigenvalue weighted by Gasteiger charge is 2.26. The van der Waals surface area contributed by atoms with Gasteiger partial charge in [-0.05, 0) is 67.6 Å². The van der Waals surface area contributed by atoms with Crippen molar-refractivity contribution >= 4 is 18.0 Å². The average molecular weight is 542 g/mol. The summed E-state index contributed by atoms with van der Waals surface area (Å²) in [6.45, 7) is 7.51. The number of carbonyl (C=O) groups excluding carboxylic acids is 3. The minimum Gasteiger partial charge on any atom is -0.465 e. The molecule has 0 fully saturated rings. The first-order chi connectivity index (χ1) is 17.8. The first kappa shape index (κ1) is 32.8. The van der Waals surface area contributed by atoms with Gasteiger partial charge in [0.05, 0.1) is 19.3 Å². The van der Waals surface area contributed by atoms with Crippen LogP contribution < -0.4 is 16.6 Å². The zero-order chi connectivity index (χ0) is 28.7. The van der Waals surface area contributed by atoms with E-state index in [9.17, 15) is 24.0 Å². The van der Waals surface area contributed by atoms with Crippen LogP contribution in [0.5, 0.6) is 0 Å². The number of ether oxygens (including phenoxy) is 3. The lowest BCUT2D eigenvalue weighted by Crippen LogP contribution is -2.51. The Labute approximate surface area is 223 Å². The van der Waals surface area contributed by atoms with Crippen molar-refractivity contribution < 1.29 is 28.6 Å². The number of carbonyl (C=O) groups is 3. The van der Waals surface area contributed by atoms with Crippen molar-refractivity contribution in [2.75, 3.05) is 53.6 Å². The molecule has 216 valence electrons. The maximum atomic E-state index is 13.1. The largest absolute Gasteiger partial charge is 0.465 e. The highest BCUT2D eigenvalue weighted by atomic mass is 16.6.